The Balaban J connectivity index is 1.87. The van der Waals surface area contributed by atoms with Gasteiger partial charge in [0.15, 0.2) is 6.10 Å². The molecule has 0 aromatic heterocycles. The Labute approximate surface area is 139 Å². The van der Waals surface area contributed by atoms with Crippen molar-refractivity contribution in [3.63, 3.8) is 0 Å². The first-order valence-electron chi connectivity index (χ1n) is 7.49. The van der Waals surface area contributed by atoms with Crippen LogP contribution in [0.25, 0.3) is 0 Å². The minimum Gasteiger partial charge on any atom is -0.452 e. The number of benzene rings is 1. The largest absolute Gasteiger partial charge is 0.452 e. The molecule has 0 unspecified atom stereocenters. The number of nitrogens with one attached hydrogen (secondary N) is 1. The Kier molecular flexibility index (Phi) is 5.47. The average molecular weight is 330 g/mol. The van der Waals surface area contributed by atoms with E-state index in [1.54, 1.807) is 24.3 Å². The van der Waals surface area contributed by atoms with E-state index in [9.17, 15) is 19.2 Å². The standard InChI is InChI=1S/C17H18N2O5/c1-3-9-18-15(21)11(2)24-14(20)8-10-19-16(22)12-6-4-5-7-13(12)17(19)23/h3-7,11H,1,8-10H2,2H3,(H,18,21)/t11-/m0/s1. The summed E-state index contributed by atoms with van der Waals surface area (Å²) in [7, 11) is 0. The lowest BCUT2D eigenvalue weighted by Crippen LogP contribution is -2.37. The van der Waals surface area contributed by atoms with Crippen molar-refractivity contribution >= 4 is 23.7 Å². The zero-order chi connectivity index (χ0) is 17.7. The zero-order valence-electron chi connectivity index (χ0n) is 13.3. The maximum absolute atomic E-state index is 12.1. The van der Waals surface area contributed by atoms with Gasteiger partial charge in [0.1, 0.15) is 0 Å². The predicted octanol–water partition coefficient (Wildman–Crippen LogP) is 0.907. The number of fused-ring (bicyclic) bond motifs is 1. The van der Waals surface area contributed by atoms with Crippen LogP contribution < -0.4 is 5.32 Å². The van der Waals surface area contributed by atoms with Gasteiger partial charge in [-0.05, 0) is 19.1 Å². The van der Waals surface area contributed by atoms with Crippen molar-refractivity contribution < 1.29 is 23.9 Å². The lowest BCUT2D eigenvalue weighted by molar-refractivity contribution is -0.154. The van der Waals surface area contributed by atoms with Gasteiger partial charge in [0.25, 0.3) is 17.7 Å². The number of rotatable bonds is 7. The molecule has 1 aliphatic heterocycles. The topological polar surface area (TPSA) is 92.8 Å². The van der Waals surface area contributed by atoms with Gasteiger partial charge in [0.2, 0.25) is 0 Å². The molecule has 2 rings (SSSR count). The summed E-state index contributed by atoms with van der Waals surface area (Å²) in [5.41, 5.74) is 0.654. The minimum atomic E-state index is -0.959. The molecular formula is C17H18N2O5. The second-order valence-corrected chi connectivity index (χ2v) is 5.22. The van der Waals surface area contributed by atoms with Crippen molar-refractivity contribution in [1.29, 1.82) is 0 Å². The Morgan fingerprint density at radius 3 is 2.38 bits per heavy atom. The summed E-state index contributed by atoms with van der Waals surface area (Å²) < 4.78 is 4.98. The highest BCUT2D eigenvalue weighted by Gasteiger charge is 2.35. The fourth-order valence-corrected chi connectivity index (χ4v) is 2.27. The van der Waals surface area contributed by atoms with Gasteiger partial charge in [-0.15, -0.1) is 6.58 Å². The second kappa shape index (κ2) is 7.54. The molecule has 0 spiro atoms. The fourth-order valence-electron chi connectivity index (χ4n) is 2.27. The Morgan fingerprint density at radius 2 is 1.83 bits per heavy atom. The Bertz CT molecular complexity index is 663. The first-order chi connectivity index (χ1) is 11.5. The minimum absolute atomic E-state index is 0.0911. The molecule has 1 aromatic rings. The summed E-state index contributed by atoms with van der Waals surface area (Å²) in [6, 6.07) is 6.48. The molecule has 1 heterocycles. The van der Waals surface area contributed by atoms with Crippen LogP contribution in [0.3, 0.4) is 0 Å². The number of hydrogen-bond acceptors (Lipinski definition) is 5. The number of esters is 1. The molecule has 3 amide bonds. The molecule has 126 valence electrons. The predicted molar refractivity (Wildman–Crippen MR) is 85.2 cm³/mol. The SMILES string of the molecule is C=CCNC(=O)[C@H](C)OC(=O)CCN1C(=O)c2ccccc2C1=O. The number of imide groups is 1. The van der Waals surface area contributed by atoms with Crippen LogP contribution in [0.1, 0.15) is 34.1 Å². The summed E-state index contributed by atoms with van der Waals surface area (Å²) in [5, 5.41) is 2.51. The van der Waals surface area contributed by atoms with Crippen LogP contribution in [0.5, 0.6) is 0 Å². The van der Waals surface area contributed by atoms with E-state index in [1.807, 2.05) is 0 Å². The van der Waals surface area contributed by atoms with Gasteiger partial charge in [-0.2, -0.15) is 0 Å². The number of ether oxygens (including phenoxy) is 1. The molecule has 0 bridgehead atoms. The molecule has 1 atom stereocenters. The second-order valence-electron chi connectivity index (χ2n) is 5.22. The highest BCUT2D eigenvalue weighted by Crippen LogP contribution is 2.22. The third-order valence-corrected chi connectivity index (χ3v) is 3.52. The number of carbonyl (C=O) groups excluding carboxylic acids is 4. The third-order valence-electron chi connectivity index (χ3n) is 3.52. The molecule has 0 saturated heterocycles. The van der Waals surface area contributed by atoms with E-state index < -0.39 is 29.8 Å². The molecular weight excluding hydrogens is 312 g/mol. The van der Waals surface area contributed by atoms with E-state index in [1.165, 1.54) is 13.0 Å². The van der Waals surface area contributed by atoms with Gasteiger partial charge in [-0.1, -0.05) is 18.2 Å². The highest BCUT2D eigenvalue weighted by atomic mass is 16.5. The van der Waals surface area contributed by atoms with E-state index in [-0.39, 0.29) is 19.5 Å². The van der Waals surface area contributed by atoms with Crippen LogP contribution in [0.4, 0.5) is 0 Å². The van der Waals surface area contributed by atoms with Gasteiger partial charge in [-0.3, -0.25) is 24.1 Å². The van der Waals surface area contributed by atoms with Crippen LogP contribution in [0, 0.1) is 0 Å². The van der Waals surface area contributed by atoms with Crippen molar-refractivity contribution in [2.45, 2.75) is 19.4 Å². The van der Waals surface area contributed by atoms with E-state index >= 15 is 0 Å². The molecule has 0 fully saturated rings. The summed E-state index contributed by atoms with van der Waals surface area (Å²) in [5.74, 6) is -1.96. The molecule has 7 heteroatoms. The summed E-state index contributed by atoms with van der Waals surface area (Å²) in [6.45, 7) is 5.09. The van der Waals surface area contributed by atoms with E-state index in [4.69, 9.17) is 4.74 Å². The van der Waals surface area contributed by atoms with Gasteiger partial charge in [0.05, 0.1) is 17.5 Å². The van der Waals surface area contributed by atoms with Gasteiger partial charge in [0, 0.05) is 13.1 Å². The van der Waals surface area contributed by atoms with Crippen LogP contribution in [-0.4, -0.2) is 47.8 Å². The van der Waals surface area contributed by atoms with Gasteiger partial charge >= 0.3 is 5.97 Å². The first-order valence-corrected chi connectivity index (χ1v) is 7.49. The van der Waals surface area contributed by atoms with Crippen molar-refractivity contribution in [2.24, 2.45) is 0 Å². The van der Waals surface area contributed by atoms with Crippen molar-refractivity contribution in [3.05, 3.63) is 48.0 Å². The highest BCUT2D eigenvalue weighted by molar-refractivity contribution is 6.21. The summed E-state index contributed by atoms with van der Waals surface area (Å²) in [6.07, 6.45) is 0.374. The molecule has 0 saturated carbocycles. The first kappa shape index (κ1) is 17.4. The summed E-state index contributed by atoms with van der Waals surface area (Å²) in [4.78, 5) is 48.7. The smallest absolute Gasteiger partial charge is 0.308 e. The monoisotopic (exact) mass is 330 g/mol. The summed E-state index contributed by atoms with van der Waals surface area (Å²) >= 11 is 0. The van der Waals surface area contributed by atoms with E-state index in [2.05, 4.69) is 11.9 Å². The van der Waals surface area contributed by atoms with E-state index in [0.717, 1.165) is 4.90 Å². The van der Waals surface area contributed by atoms with Gasteiger partial charge in [-0.25, -0.2) is 0 Å². The van der Waals surface area contributed by atoms with Crippen LogP contribution >= 0.6 is 0 Å². The molecule has 24 heavy (non-hydrogen) atoms. The number of nitrogens with zero attached hydrogens (tertiary/aromatic N) is 1. The molecule has 0 radical (unpaired) electrons. The fraction of sp³-hybridized carbons (Fsp3) is 0.294. The van der Waals surface area contributed by atoms with E-state index in [0.29, 0.717) is 11.1 Å². The molecule has 1 aromatic carbocycles. The Hall–Kier alpha value is -2.96. The third kappa shape index (κ3) is 3.68. The lowest BCUT2D eigenvalue weighted by Gasteiger charge is -2.15. The molecule has 1 aliphatic rings. The average Bonchev–Trinajstić information content (AvgIpc) is 2.82. The van der Waals surface area contributed by atoms with Crippen molar-refractivity contribution in [3.8, 4) is 0 Å². The molecule has 0 aliphatic carbocycles. The van der Waals surface area contributed by atoms with Crippen LogP contribution in [0.15, 0.2) is 36.9 Å². The quantitative estimate of drug-likeness (QED) is 0.456. The molecule has 7 nitrogen and oxygen atoms in total. The molecule has 1 N–H and O–H groups in total. The van der Waals surface area contributed by atoms with Crippen LogP contribution in [0.2, 0.25) is 0 Å². The normalized spacial score (nSPS) is 14.1. The Morgan fingerprint density at radius 1 is 1.25 bits per heavy atom. The number of hydrogen-bond donors (Lipinski definition) is 1. The van der Waals surface area contributed by atoms with Gasteiger partial charge < -0.3 is 10.1 Å². The number of amides is 3. The number of carbonyl (C=O) groups is 4. The maximum atomic E-state index is 12.1. The lowest BCUT2D eigenvalue weighted by atomic mass is 10.1. The van der Waals surface area contributed by atoms with Crippen LogP contribution in [-0.2, 0) is 14.3 Å². The maximum Gasteiger partial charge on any atom is 0.308 e. The zero-order valence-corrected chi connectivity index (χ0v) is 13.3. The van der Waals surface area contributed by atoms with Crippen molar-refractivity contribution in [2.75, 3.05) is 13.1 Å². The van der Waals surface area contributed by atoms with Crippen molar-refractivity contribution in [1.82, 2.24) is 10.2 Å².